The molecule has 0 amide bonds. The standard InChI is InChI=1S/C11H22N4O/c1-6-15(9(4)5)11-14-13-10(16-11)7-12-8(2)3/h8-9,12H,6-7H2,1-5H3. The molecule has 1 aromatic heterocycles. The minimum absolute atomic E-state index is 0.372. The van der Waals surface area contributed by atoms with Crippen LogP contribution in [0.3, 0.4) is 0 Å². The van der Waals surface area contributed by atoms with E-state index in [1.807, 2.05) is 0 Å². The van der Waals surface area contributed by atoms with Crippen LogP contribution in [0.2, 0.25) is 0 Å². The monoisotopic (exact) mass is 226 g/mol. The van der Waals surface area contributed by atoms with Gasteiger partial charge in [0.1, 0.15) is 0 Å². The van der Waals surface area contributed by atoms with Crippen LogP contribution in [0.5, 0.6) is 0 Å². The summed E-state index contributed by atoms with van der Waals surface area (Å²) >= 11 is 0. The fraction of sp³-hybridized carbons (Fsp3) is 0.818. The quantitative estimate of drug-likeness (QED) is 0.801. The number of anilines is 1. The van der Waals surface area contributed by atoms with Crippen molar-refractivity contribution >= 4 is 6.01 Å². The minimum Gasteiger partial charge on any atom is -0.407 e. The highest BCUT2D eigenvalue weighted by Gasteiger charge is 2.15. The number of nitrogens with zero attached hydrogens (tertiary/aromatic N) is 3. The zero-order valence-corrected chi connectivity index (χ0v) is 10.8. The molecular formula is C11H22N4O. The summed E-state index contributed by atoms with van der Waals surface area (Å²) in [7, 11) is 0. The predicted octanol–water partition coefficient (Wildman–Crippen LogP) is 1.80. The molecule has 5 nitrogen and oxygen atoms in total. The summed E-state index contributed by atoms with van der Waals surface area (Å²) in [5.41, 5.74) is 0. The SMILES string of the molecule is CCN(c1nnc(CNC(C)C)o1)C(C)C. The predicted molar refractivity (Wildman–Crippen MR) is 64.4 cm³/mol. The maximum Gasteiger partial charge on any atom is 0.318 e. The first-order valence-corrected chi connectivity index (χ1v) is 5.87. The van der Waals surface area contributed by atoms with Crippen LogP contribution in [0.1, 0.15) is 40.5 Å². The summed E-state index contributed by atoms with van der Waals surface area (Å²) in [6.07, 6.45) is 0. The second kappa shape index (κ2) is 5.84. The Hall–Kier alpha value is -1.10. The zero-order valence-electron chi connectivity index (χ0n) is 10.8. The highest BCUT2D eigenvalue weighted by atomic mass is 16.4. The highest BCUT2D eigenvalue weighted by Crippen LogP contribution is 2.14. The molecule has 0 radical (unpaired) electrons. The third-order valence-electron chi connectivity index (χ3n) is 2.33. The molecule has 1 heterocycles. The van der Waals surface area contributed by atoms with Gasteiger partial charge in [-0.15, -0.1) is 5.10 Å². The molecule has 1 aromatic rings. The summed E-state index contributed by atoms with van der Waals surface area (Å²) in [4.78, 5) is 2.08. The van der Waals surface area contributed by atoms with E-state index in [1.165, 1.54) is 0 Å². The smallest absolute Gasteiger partial charge is 0.318 e. The van der Waals surface area contributed by atoms with E-state index in [-0.39, 0.29) is 0 Å². The number of hydrogen-bond donors (Lipinski definition) is 1. The van der Waals surface area contributed by atoms with Crippen molar-refractivity contribution < 1.29 is 4.42 Å². The first-order valence-electron chi connectivity index (χ1n) is 5.87. The molecule has 0 fully saturated rings. The van der Waals surface area contributed by atoms with E-state index < -0.39 is 0 Å². The molecule has 16 heavy (non-hydrogen) atoms. The van der Waals surface area contributed by atoms with Crippen LogP contribution in [0.25, 0.3) is 0 Å². The molecule has 92 valence electrons. The van der Waals surface area contributed by atoms with Crippen molar-refractivity contribution in [2.24, 2.45) is 0 Å². The third-order valence-corrected chi connectivity index (χ3v) is 2.33. The van der Waals surface area contributed by atoms with Crippen molar-refractivity contribution in [3.8, 4) is 0 Å². The van der Waals surface area contributed by atoms with Gasteiger partial charge in [-0.3, -0.25) is 0 Å². The van der Waals surface area contributed by atoms with E-state index >= 15 is 0 Å². The van der Waals surface area contributed by atoms with Crippen molar-refractivity contribution in [3.63, 3.8) is 0 Å². The molecule has 1 N–H and O–H groups in total. The van der Waals surface area contributed by atoms with Crippen LogP contribution in [0.4, 0.5) is 6.01 Å². The molecule has 0 aliphatic carbocycles. The highest BCUT2D eigenvalue weighted by molar-refractivity contribution is 5.24. The van der Waals surface area contributed by atoms with Gasteiger partial charge in [-0.1, -0.05) is 18.9 Å². The summed E-state index contributed by atoms with van der Waals surface area (Å²) in [6, 6.07) is 1.40. The van der Waals surface area contributed by atoms with Gasteiger partial charge in [0.25, 0.3) is 0 Å². The summed E-state index contributed by atoms with van der Waals surface area (Å²) < 4.78 is 5.59. The lowest BCUT2D eigenvalue weighted by Gasteiger charge is -2.21. The van der Waals surface area contributed by atoms with Gasteiger partial charge in [-0.25, -0.2) is 0 Å². The Balaban J connectivity index is 2.62. The Labute approximate surface area is 97.2 Å². The van der Waals surface area contributed by atoms with Crippen LogP contribution >= 0.6 is 0 Å². The third kappa shape index (κ3) is 3.48. The van der Waals surface area contributed by atoms with Gasteiger partial charge in [-0.05, 0) is 20.8 Å². The van der Waals surface area contributed by atoms with Crippen LogP contribution in [0.15, 0.2) is 4.42 Å². The zero-order chi connectivity index (χ0) is 12.1. The van der Waals surface area contributed by atoms with E-state index in [0.29, 0.717) is 30.5 Å². The first kappa shape index (κ1) is 13.0. The second-order valence-electron chi connectivity index (χ2n) is 4.39. The molecule has 0 atom stereocenters. The fourth-order valence-corrected chi connectivity index (χ4v) is 1.44. The Kier molecular flexibility index (Phi) is 4.73. The lowest BCUT2D eigenvalue weighted by atomic mass is 10.3. The van der Waals surface area contributed by atoms with Crippen LogP contribution in [0, 0.1) is 0 Å². The lowest BCUT2D eigenvalue weighted by Crippen LogP contribution is -2.30. The molecule has 1 rings (SSSR count). The number of rotatable bonds is 6. The molecule has 5 heteroatoms. The Bertz CT molecular complexity index is 309. The lowest BCUT2D eigenvalue weighted by molar-refractivity contribution is 0.441. The van der Waals surface area contributed by atoms with E-state index in [9.17, 15) is 0 Å². The van der Waals surface area contributed by atoms with Crippen molar-refractivity contribution in [2.75, 3.05) is 11.4 Å². The van der Waals surface area contributed by atoms with E-state index in [4.69, 9.17) is 4.42 Å². The number of hydrogen-bond acceptors (Lipinski definition) is 5. The molecule has 0 spiro atoms. The van der Waals surface area contributed by atoms with Gasteiger partial charge < -0.3 is 14.6 Å². The fourth-order valence-electron chi connectivity index (χ4n) is 1.44. The van der Waals surface area contributed by atoms with Gasteiger partial charge in [0.2, 0.25) is 5.89 Å². The average Bonchev–Trinajstić information content (AvgIpc) is 2.64. The van der Waals surface area contributed by atoms with Gasteiger partial charge in [0.15, 0.2) is 0 Å². The largest absolute Gasteiger partial charge is 0.407 e. The summed E-state index contributed by atoms with van der Waals surface area (Å²) in [5.74, 6) is 0.641. The van der Waals surface area contributed by atoms with Crippen LogP contribution < -0.4 is 10.2 Å². The molecule has 0 aliphatic rings. The van der Waals surface area contributed by atoms with Crippen LogP contribution in [-0.2, 0) is 6.54 Å². The number of aromatic nitrogens is 2. The maximum atomic E-state index is 5.59. The Morgan fingerprint density at radius 3 is 2.44 bits per heavy atom. The van der Waals surface area contributed by atoms with Crippen LogP contribution in [-0.4, -0.2) is 28.8 Å². The first-order chi connectivity index (χ1) is 7.54. The second-order valence-corrected chi connectivity index (χ2v) is 4.39. The van der Waals surface area contributed by atoms with E-state index in [2.05, 4.69) is 55.0 Å². The molecule has 0 saturated heterocycles. The van der Waals surface area contributed by atoms with E-state index in [0.717, 1.165) is 6.54 Å². The number of nitrogens with one attached hydrogen (secondary N) is 1. The van der Waals surface area contributed by atoms with E-state index in [1.54, 1.807) is 0 Å². The molecule has 0 unspecified atom stereocenters. The summed E-state index contributed by atoms with van der Waals surface area (Å²) in [6.45, 7) is 12.0. The molecular weight excluding hydrogens is 204 g/mol. The van der Waals surface area contributed by atoms with Gasteiger partial charge in [0, 0.05) is 18.6 Å². The molecule has 0 aromatic carbocycles. The molecule has 0 aliphatic heterocycles. The molecule has 0 saturated carbocycles. The normalized spacial score (nSPS) is 11.4. The van der Waals surface area contributed by atoms with Crippen molar-refractivity contribution in [3.05, 3.63) is 5.89 Å². The molecule has 0 bridgehead atoms. The van der Waals surface area contributed by atoms with Crippen molar-refractivity contribution in [2.45, 2.75) is 53.2 Å². The average molecular weight is 226 g/mol. The minimum atomic E-state index is 0.372. The van der Waals surface area contributed by atoms with Gasteiger partial charge in [0.05, 0.1) is 6.54 Å². The topological polar surface area (TPSA) is 54.2 Å². The van der Waals surface area contributed by atoms with Crippen molar-refractivity contribution in [1.82, 2.24) is 15.5 Å². The van der Waals surface area contributed by atoms with Gasteiger partial charge >= 0.3 is 6.01 Å². The summed E-state index contributed by atoms with van der Waals surface area (Å²) in [5, 5.41) is 11.3. The Morgan fingerprint density at radius 1 is 1.25 bits per heavy atom. The van der Waals surface area contributed by atoms with Gasteiger partial charge in [-0.2, -0.15) is 0 Å². The Morgan fingerprint density at radius 2 is 1.94 bits per heavy atom. The van der Waals surface area contributed by atoms with Crippen molar-refractivity contribution in [1.29, 1.82) is 0 Å². The maximum absolute atomic E-state index is 5.59.